The molecule has 0 aromatic rings. The summed E-state index contributed by atoms with van der Waals surface area (Å²) in [6, 6.07) is 0.242. The molecular weight excluding hydrogens is 120 g/mol. The van der Waals surface area contributed by atoms with Crippen molar-refractivity contribution in [1.82, 2.24) is 0 Å². The summed E-state index contributed by atoms with van der Waals surface area (Å²) < 4.78 is 9.70. The van der Waals surface area contributed by atoms with Crippen molar-refractivity contribution in [3.05, 3.63) is 0 Å². The second kappa shape index (κ2) is 3.30. The van der Waals surface area contributed by atoms with Gasteiger partial charge in [-0.15, -0.1) is 11.6 Å². The highest BCUT2D eigenvalue weighted by Gasteiger charge is 1.95. The zero-order valence-corrected chi connectivity index (χ0v) is 4.90. The zero-order valence-electron chi connectivity index (χ0n) is 3.15. The predicted octanol–water partition coefficient (Wildman–Crippen LogP) is 0.136. The standard InChI is InChI=1S/C2H5ClO2Si/c3-1-2-6(4)5/h4H,1-2H2. The van der Waals surface area contributed by atoms with E-state index in [2.05, 4.69) is 0 Å². The van der Waals surface area contributed by atoms with E-state index in [4.69, 9.17) is 16.4 Å². The van der Waals surface area contributed by atoms with Crippen molar-refractivity contribution >= 4 is 20.5 Å². The zero-order chi connectivity index (χ0) is 4.99. The van der Waals surface area contributed by atoms with Crippen LogP contribution in [0.5, 0.6) is 0 Å². The fourth-order valence-corrected chi connectivity index (χ4v) is 0.728. The second-order valence-corrected chi connectivity index (χ2v) is 2.50. The molecule has 2 nitrogen and oxygen atoms in total. The number of alkyl halides is 1. The van der Waals surface area contributed by atoms with Crippen LogP contribution in [-0.2, 0) is 4.46 Å². The summed E-state index contributed by atoms with van der Waals surface area (Å²) >= 11 is 5.06. The molecule has 0 saturated carbocycles. The molecule has 0 fully saturated rings. The fraction of sp³-hybridized carbons (Fsp3) is 1.00. The van der Waals surface area contributed by atoms with Crippen LogP contribution in [0.25, 0.3) is 0 Å². The van der Waals surface area contributed by atoms with E-state index in [-0.39, 0.29) is 11.9 Å². The van der Waals surface area contributed by atoms with E-state index in [0.29, 0.717) is 0 Å². The number of hydrogen-bond donors (Lipinski definition) is 1. The number of rotatable bonds is 2. The average Bonchev–Trinajstić information content (AvgIpc) is 1.35. The van der Waals surface area contributed by atoms with Gasteiger partial charge in [0.2, 0.25) is 0 Å². The highest BCUT2D eigenvalue weighted by molar-refractivity contribution is 6.35. The first kappa shape index (κ1) is 6.11. The average molecular weight is 125 g/mol. The van der Waals surface area contributed by atoms with E-state index < -0.39 is 8.93 Å². The van der Waals surface area contributed by atoms with Gasteiger partial charge in [-0.25, -0.2) is 0 Å². The van der Waals surface area contributed by atoms with E-state index in [1.165, 1.54) is 0 Å². The third kappa shape index (κ3) is 4.11. The minimum atomic E-state index is -2.27. The molecule has 0 aromatic carbocycles. The maximum Gasteiger partial charge on any atom is 0.501 e. The first-order valence-corrected chi connectivity index (χ1v) is 3.65. The Morgan fingerprint density at radius 2 is 2.33 bits per heavy atom. The fourth-order valence-electron chi connectivity index (χ4n) is 0.0808. The van der Waals surface area contributed by atoms with E-state index >= 15 is 0 Å². The SMILES string of the molecule is O=[Si](O)CCCl. The van der Waals surface area contributed by atoms with E-state index in [1.807, 2.05) is 0 Å². The van der Waals surface area contributed by atoms with Crippen molar-refractivity contribution in [1.29, 1.82) is 0 Å². The van der Waals surface area contributed by atoms with Gasteiger partial charge in [0.1, 0.15) is 0 Å². The first-order chi connectivity index (χ1) is 2.77. The summed E-state index contributed by atoms with van der Waals surface area (Å²) in [5.41, 5.74) is 0. The van der Waals surface area contributed by atoms with Crippen molar-refractivity contribution in [2.75, 3.05) is 5.88 Å². The Morgan fingerprint density at radius 3 is 2.33 bits per heavy atom. The van der Waals surface area contributed by atoms with Crippen LogP contribution < -0.4 is 0 Å². The normalized spacial score (nSPS) is 8.17. The molecule has 0 saturated heterocycles. The molecule has 0 aliphatic rings. The van der Waals surface area contributed by atoms with Gasteiger partial charge in [-0.2, -0.15) is 0 Å². The van der Waals surface area contributed by atoms with E-state index in [1.54, 1.807) is 0 Å². The minimum Gasteiger partial charge on any atom is -0.540 e. The Morgan fingerprint density at radius 1 is 1.83 bits per heavy atom. The molecule has 0 atom stereocenters. The van der Waals surface area contributed by atoms with Gasteiger partial charge in [-0.1, -0.05) is 0 Å². The molecule has 1 N–H and O–H groups in total. The van der Waals surface area contributed by atoms with Crippen LogP contribution in [0.4, 0.5) is 0 Å². The van der Waals surface area contributed by atoms with Crippen molar-refractivity contribution in [2.24, 2.45) is 0 Å². The van der Waals surface area contributed by atoms with Crippen LogP contribution in [0.3, 0.4) is 0 Å². The van der Waals surface area contributed by atoms with Crippen molar-refractivity contribution < 1.29 is 9.26 Å². The highest BCUT2D eigenvalue weighted by atomic mass is 35.5. The molecule has 0 aliphatic carbocycles. The highest BCUT2D eigenvalue weighted by Crippen LogP contribution is 1.81. The van der Waals surface area contributed by atoms with Crippen LogP contribution in [0.2, 0.25) is 6.04 Å². The Hall–Kier alpha value is 0.107. The van der Waals surface area contributed by atoms with Crippen LogP contribution in [0, 0.1) is 0 Å². The topological polar surface area (TPSA) is 37.3 Å². The molecule has 4 heteroatoms. The molecular formula is C2H5ClO2Si. The van der Waals surface area contributed by atoms with Crippen molar-refractivity contribution in [3.8, 4) is 0 Å². The minimum absolute atomic E-state index is 0.242. The van der Waals surface area contributed by atoms with Gasteiger partial charge in [-0.3, -0.25) is 0 Å². The Kier molecular flexibility index (Phi) is 3.36. The summed E-state index contributed by atoms with van der Waals surface area (Å²) in [6.07, 6.45) is 0. The molecule has 0 unspecified atom stereocenters. The molecule has 0 heterocycles. The summed E-state index contributed by atoms with van der Waals surface area (Å²) in [7, 11) is -2.27. The lowest BCUT2D eigenvalue weighted by Gasteiger charge is -1.75. The largest absolute Gasteiger partial charge is 0.540 e. The van der Waals surface area contributed by atoms with Crippen molar-refractivity contribution in [3.63, 3.8) is 0 Å². The Balaban J connectivity index is 2.83. The quantitative estimate of drug-likeness (QED) is 0.420. The summed E-state index contributed by atoms with van der Waals surface area (Å²) in [4.78, 5) is 8.01. The molecule has 0 bridgehead atoms. The third-order valence-electron chi connectivity index (χ3n) is 0.308. The summed E-state index contributed by atoms with van der Waals surface area (Å²) in [6.45, 7) is 0. The van der Waals surface area contributed by atoms with Gasteiger partial charge in [-0.05, 0) is 0 Å². The first-order valence-electron chi connectivity index (χ1n) is 1.55. The van der Waals surface area contributed by atoms with Crippen LogP contribution in [0.15, 0.2) is 0 Å². The summed E-state index contributed by atoms with van der Waals surface area (Å²) in [5.74, 6) is 0.286. The van der Waals surface area contributed by atoms with E-state index in [9.17, 15) is 4.46 Å². The number of halogens is 1. The van der Waals surface area contributed by atoms with Gasteiger partial charge in [0.05, 0.1) is 0 Å². The lowest BCUT2D eigenvalue weighted by molar-refractivity contribution is 0.448. The Labute approximate surface area is 42.5 Å². The smallest absolute Gasteiger partial charge is 0.501 e. The molecule has 0 aromatic heterocycles. The molecule has 0 spiro atoms. The van der Waals surface area contributed by atoms with Gasteiger partial charge >= 0.3 is 8.93 Å². The molecule has 36 valence electrons. The van der Waals surface area contributed by atoms with Gasteiger partial charge in [0.15, 0.2) is 0 Å². The monoisotopic (exact) mass is 124 g/mol. The predicted molar refractivity (Wildman–Crippen MR) is 24.2 cm³/mol. The molecule has 6 heavy (non-hydrogen) atoms. The molecule has 0 amide bonds. The van der Waals surface area contributed by atoms with Gasteiger partial charge < -0.3 is 9.26 Å². The van der Waals surface area contributed by atoms with Gasteiger partial charge in [0, 0.05) is 11.9 Å². The van der Waals surface area contributed by atoms with Crippen LogP contribution in [0.1, 0.15) is 0 Å². The maximum atomic E-state index is 9.70. The maximum absolute atomic E-state index is 9.70. The third-order valence-corrected chi connectivity index (χ3v) is 1.49. The van der Waals surface area contributed by atoms with Crippen LogP contribution >= 0.6 is 11.6 Å². The van der Waals surface area contributed by atoms with Crippen molar-refractivity contribution in [2.45, 2.75) is 6.04 Å². The summed E-state index contributed by atoms with van der Waals surface area (Å²) in [5, 5.41) is 0. The lowest BCUT2D eigenvalue weighted by Crippen LogP contribution is -1.95. The molecule has 0 radical (unpaired) electrons. The lowest BCUT2D eigenvalue weighted by atomic mass is 11.0. The molecule has 0 rings (SSSR count). The molecule has 0 aliphatic heterocycles. The Bertz CT molecular complexity index is 55.5. The van der Waals surface area contributed by atoms with Crippen LogP contribution in [-0.4, -0.2) is 19.6 Å². The van der Waals surface area contributed by atoms with Gasteiger partial charge in [0.25, 0.3) is 0 Å². The second-order valence-electron chi connectivity index (χ2n) is 0.833. The van der Waals surface area contributed by atoms with E-state index in [0.717, 1.165) is 0 Å². The number of hydrogen-bond acceptors (Lipinski definition) is 1.